The number of benzene rings is 1. The molecule has 8 heteroatoms. The van der Waals surface area contributed by atoms with Gasteiger partial charge >= 0.3 is 5.51 Å². The molecule has 1 atom stereocenters. The lowest BCUT2D eigenvalue weighted by Gasteiger charge is -2.14. The summed E-state index contributed by atoms with van der Waals surface area (Å²) in [7, 11) is 0. The summed E-state index contributed by atoms with van der Waals surface area (Å²) in [6.07, 6.45) is -2.96. The van der Waals surface area contributed by atoms with Gasteiger partial charge in [0.25, 0.3) is 6.43 Å². The van der Waals surface area contributed by atoms with Crippen molar-refractivity contribution in [3.05, 3.63) is 29.3 Å². The Labute approximate surface area is 118 Å². The summed E-state index contributed by atoms with van der Waals surface area (Å²) in [5.74, 6) is -0.405. The van der Waals surface area contributed by atoms with Crippen LogP contribution in [-0.4, -0.2) is 11.3 Å². The van der Waals surface area contributed by atoms with Crippen LogP contribution >= 0.6 is 27.7 Å². The first-order valence-corrected chi connectivity index (χ1v) is 6.67. The van der Waals surface area contributed by atoms with E-state index in [4.69, 9.17) is 0 Å². The zero-order valence-corrected chi connectivity index (χ0v) is 11.9. The number of hydrogen-bond donors (Lipinski definition) is 0. The molecule has 0 aliphatic carbocycles. The quantitative estimate of drug-likeness (QED) is 0.412. The molecule has 0 bridgehead atoms. The van der Waals surface area contributed by atoms with Crippen molar-refractivity contribution in [2.45, 2.75) is 28.6 Å². The average Bonchev–Trinajstić information content (AvgIpc) is 2.25. The van der Waals surface area contributed by atoms with Gasteiger partial charge < -0.3 is 0 Å². The largest absolute Gasteiger partial charge is 0.446 e. The second kappa shape index (κ2) is 6.21. The molecular formula is C11H8BrF5OS. The smallest absolute Gasteiger partial charge is 0.298 e. The summed E-state index contributed by atoms with van der Waals surface area (Å²) in [6, 6.07) is 2.93. The van der Waals surface area contributed by atoms with Crippen molar-refractivity contribution in [2.24, 2.45) is 0 Å². The molecule has 0 aliphatic heterocycles. The zero-order chi connectivity index (χ0) is 14.8. The molecule has 19 heavy (non-hydrogen) atoms. The lowest BCUT2D eigenvalue weighted by atomic mass is 10.0. The fourth-order valence-corrected chi connectivity index (χ4v) is 2.39. The van der Waals surface area contributed by atoms with Crippen LogP contribution in [0.25, 0.3) is 0 Å². The van der Waals surface area contributed by atoms with E-state index in [1.54, 1.807) is 0 Å². The Morgan fingerprint density at radius 2 is 1.84 bits per heavy atom. The van der Waals surface area contributed by atoms with Gasteiger partial charge in [0.05, 0.1) is 4.83 Å². The van der Waals surface area contributed by atoms with Crippen molar-refractivity contribution < 1.29 is 26.7 Å². The van der Waals surface area contributed by atoms with Gasteiger partial charge in [-0.1, -0.05) is 22.0 Å². The predicted molar refractivity (Wildman–Crippen MR) is 65.7 cm³/mol. The van der Waals surface area contributed by atoms with Crippen LogP contribution in [0.3, 0.4) is 0 Å². The number of rotatable bonds is 4. The minimum absolute atomic E-state index is 0.0194. The summed E-state index contributed by atoms with van der Waals surface area (Å²) >= 11 is 2.47. The van der Waals surface area contributed by atoms with Crippen LogP contribution in [0.1, 0.15) is 29.3 Å². The molecule has 0 fully saturated rings. The van der Waals surface area contributed by atoms with E-state index in [1.165, 1.54) is 6.92 Å². The molecule has 0 aromatic heterocycles. The molecule has 1 aromatic carbocycles. The predicted octanol–water partition coefficient (Wildman–Crippen LogP) is 5.26. The maximum absolute atomic E-state index is 12.8. The van der Waals surface area contributed by atoms with E-state index in [9.17, 15) is 26.7 Å². The van der Waals surface area contributed by atoms with Gasteiger partial charge in [-0.05, 0) is 36.4 Å². The second-order valence-electron chi connectivity index (χ2n) is 3.61. The highest BCUT2D eigenvalue weighted by molar-refractivity contribution is 9.09. The molecule has 1 rings (SSSR count). The Hall–Kier alpha value is -0.630. The highest BCUT2D eigenvalue weighted by Crippen LogP contribution is 2.40. The zero-order valence-electron chi connectivity index (χ0n) is 9.47. The van der Waals surface area contributed by atoms with Crippen LogP contribution < -0.4 is 0 Å². The van der Waals surface area contributed by atoms with Gasteiger partial charge in [-0.25, -0.2) is 8.78 Å². The van der Waals surface area contributed by atoms with Crippen molar-refractivity contribution in [1.29, 1.82) is 0 Å². The van der Waals surface area contributed by atoms with Crippen LogP contribution in [0.4, 0.5) is 22.0 Å². The SMILES string of the molecule is CC(=O)C(Br)c1ccc(SC(F)(F)F)cc1C(F)F. The molecule has 1 nitrogen and oxygen atoms in total. The van der Waals surface area contributed by atoms with Crippen LogP contribution in [0, 0.1) is 0 Å². The second-order valence-corrected chi connectivity index (χ2v) is 5.67. The van der Waals surface area contributed by atoms with Gasteiger partial charge in [0.2, 0.25) is 0 Å². The monoisotopic (exact) mass is 362 g/mol. The van der Waals surface area contributed by atoms with Crippen LogP contribution in [0.5, 0.6) is 0 Å². The van der Waals surface area contributed by atoms with Crippen LogP contribution in [0.2, 0.25) is 0 Å². The first-order valence-electron chi connectivity index (χ1n) is 4.94. The maximum Gasteiger partial charge on any atom is 0.446 e. The Morgan fingerprint density at radius 1 is 1.26 bits per heavy atom. The van der Waals surface area contributed by atoms with Gasteiger partial charge in [-0.2, -0.15) is 13.2 Å². The van der Waals surface area contributed by atoms with E-state index < -0.39 is 39.9 Å². The highest BCUT2D eigenvalue weighted by Gasteiger charge is 2.30. The van der Waals surface area contributed by atoms with Crippen molar-refractivity contribution in [1.82, 2.24) is 0 Å². The third-order valence-electron chi connectivity index (χ3n) is 2.16. The Balaban J connectivity index is 3.19. The molecular weight excluding hydrogens is 355 g/mol. The normalized spacial score (nSPS) is 13.7. The molecule has 0 saturated heterocycles. The highest BCUT2D eigenvalue weighted by atomic mass is 79.9. The fourth-order valence-electron chi connectivity index (χ4n) is 1.39. The topological polar surface area (TPSA) is 17.1 Å². The van der Waals surface area contributed by atoms with Gasteiger partial charge in [0.15, 0.2) is 0 Å². The first kappa shape index (κ1) is 16.4. The number of hydrogen-bond acceptors (Lipinski definition) is 2. The molecule has 0 saturated carbocycles. The number of Topliss-reactive ketones (excluding diaryl/α,β-unsaturated/α-hetero) is 1. The lowest BCUT2D eigenvalue weighted by molar-refractivity contribution is -0.116. The number of carbonyl (C=O) groups excluding carboxylic acids is 1. The van der Waals surface area contributed by atoms with Crippen molar-refractivity contribution in [2.75, 3.05) is 0 Å². The van der Waals surface area contributed by atoms with Crippen molar-refractivity contribution >= 4 is 33.5 Å². The van der Waals surface area contributed by atoms with E-state index in [-0.39, 0.29) is 10.5 Å². The number of alkyl halides is 6. The minimum Gasteiger partial charge on any atom is -0.298 e. The maximum atomic E-state index is 12.8. The summed E-state index contributed by atoms with van der Waals surface area (Å²) in [5.41, 5.74) is -5.14. The Bertz CT molecular complexity index is 475. The van der Waals surface area contributed by atoms with E-state index >= 15 is 0 Å². The third-order valence-corrected chi connectivity index (χ3v) is 4.02. The Morgan fingerprint density at radius 3 is 2.26 bits per heavy atom. The van der Waals surface area contributed by atoms with Gasteiger partial charge in [-0.15, -0.1) is 0 Å². The molecule has 1 aromatic rings. The lowest BCUT2D eigenvalue weighted by Crippen LogP contribution is -2.06. The van der Waals surface area contributed by atoms with E-state index in [0.29, 0.717) is 0 Å². The first-order chi connectivity index (χ1) is 8.61. The summed E-state index contributed by atoms with van der Waals surface area (Å²) < 4.78 is 62.2. The average molecular weight is 363 g/mol. The van der Waals surface area contributed by atoms with Crippen molar-refractivity contribution in [3.63, 3.8) is 0 Å². The number of carbonyl (C=O) groups is 1. The molecule has 0 aliphatic rings. The number of ketones is 1. The summed E-state index contributed by atoms with van der Waals surface area (Å²) in [5, 5.41) is 0. The summed E-state index contributed by atoms with van der Waals surface area (Å²) in [6.45, 7) is 1.20. The van der Waals surface area contributed by atoms with Crippen LogP contribution in [-0.2, 0) is 4.79 Å². The summed E-state index contributed by atoms with van der Waals surface area (Å²) in [4.78, 5) is 9.86. The molecule has 0 amide bonds. The molecule has 0 N–H and O–H groups in total. The fraction of sp³-hybridized carbons (Fsp3) is 0.364. The van der Waals surface area contributed by atoms with E-state index in [0.717, 1.165) is 18.2 Å². The van der Waals surface area contributed by atoms with Gasteiger partial charge in [0, 0.05) is 10.5 Å². The van der Waals surface area contributed by atoms with Crippen molar-refractivity contribution in [3.8, 4) is 0 Å². The molecule has 0 spiro atoms. The number of thioether (sulfide) groups is 1. The molecule has 0 heterocycles. The van der Waals surface area contributed by atoms with Crippen LogP contribution in [0.15, 0.2) is 23.1 Å². The number of halogens is 6. The van der Waals surface area contributed by atoms with Gasteiger partial charge in [0.1, 0.15) is 5.78 Å². The van der Waals surface area contributed by atoms with E-state index in [2.05, 4.69) is 15.9 Å². The molecule has 106 valence electrons. The third kappa shape index (κ3) is 4.76. The van der Waals surface area contributed by atoms with Gasteiger partial charge in [-0.3, -0.25) is 4.79 Å². The van der Waals surface area contributed by atoms with E-state index in [1.807, 2.05) is 0 Å². The Kier molecular flexibility index (Phi) is 5.37. The molecule has 1 unspecified atom stereocenters. The minimum atomic E-state index is -4.55. The molecule has 0 radical (unpaired) electrons. The standard InChI is InChI=1S/C11H8BrF5OS/c1-5(18)9(12)7-3-2-6(19-11(15,16)17)4-8(7)10(13)14/h2-4,9-10H,1H3.